The molecule has 0 saturated carbocycles. The lowest BCUT2D eigenvalue weighted by Crippen LogP contribution is -2.18. The number of benzene rings is 3. The van der Waals surface area contributed by atoms with Gasteiger partial charge in [0.2, 0.25) is 7.85 Å². The summed E-state index contributed by atoms with van der Waals surface area (Å²) in [5.41, 5.74) is 6.17. The second-order valence-electron chi connectivity index (χ2n) is 9.37. The number of thioether (sulfide) groups is 1. The molecule has 0 aliphatic carbocycles. The SMILES string of the molecule is [B]C(=O)N/N=C(\C=C\c1ccc(OC)c(OC)c1)CC(=O)CSc1cccc(C(=O)Nc2ccc3nc(C)ccc3c2)c1. The van der Waals surface area contributed by atoms with E-state index in [4.69, 9.17) is 17.3 Å². The fourth-order valence-electron chi connectivity index (χ4n) is 4.06. The molecule has 0 unspecified atom stereocenters. The Balaban J connectivity index is 1.38. The Bertz CT molecular complexity index is 1720. The highest BCUT2D eigenvalue weighted by Gasteiger charge is 2.11. The van der Waals surface area contributed by atoms with Gasteiger partial charge in [0, 0.05) is 27.2 Å². The van der Waals surface area contributed by atoms with E-state index in [1.165, 1.54) is 18.9 Å². The van der Waals surface area contributed by atoms with Crippen LogP contribution in [0.3, 0.4) is 0 Å². The van der Waals surface area contributed by atoms with E-state index < -0.39 is 5.81 Å². The first-order valence-corrected chi connectivity index (χ1v) is 14.2. The summed E-state index contributed by atoms with van der Waals surface area (Å²) in [6, 6.07) is 21.8. The minimum absolute atomic E-state index is 0.0480. The summed E-state index contributed by atoms with van der Waals surface area (Å²) in [5.74, 6) is 0.0131. The molecule has 2 radical (unpaired) electrons. The number of hydrogen-bond acceptors (Lipinski definition) is 8. The Hall–Kier alpha value is -4.90. The molecular formula is C32H29BN4O5S. The van der Waals surface area contributed by atoms with Crippen molar-refractivity contribution in [2.75, 3.05) is 25.3 Å². The average Bonchev–Trinajstić information content (AvgIpc) is 3.01. The van der Waals surface area contributed by atoms with Crippen LogP contribution in [0.1, 0.15) is 28.0 Å². The Kier molecular flexibility index (Phi) is 10.7. The number of carbonyl (C=O) groups excluding carboxylic acids is 3. The highest BCUT2D eigenvalue weighted by molar-refractivity contribution is 8.00. The number of nitrogens with zero attached hydrogens (tertiary/aromatic N) is 2. The van der Waals surface area contributed by atoms with Crippen molar-refractivity contribution in [3.63, 3.8) is 0 Å². The number of amides is 2. The minimum Gasteiger partial charge on any atom is -0.493 e. The average molecular weight is 592 g/mol. The van der Waals surface area contributed by atoms with Gasteiger partial charge >= 0.3 is 0 Å². The molecule has 2 N–H and O–H groups in total. The number of anilines is 1. The van der Waals surface area contributed by atoms with Crippen molar-refractivity contribution in [3.8, 4) is 11.5 Å². The summed E-state index contributed by atoms with van der Waals surface area (Å²) in [7, 11) is 8.25. The maximum absolute atomic E-state index is 12.9. The first-order chi connectivity index (χ1) is 20.7. The normalized spacial score (nSPS) is 11.4. The van der Waals surface area contributed by atoms with E-state index >= 15 is 0 Å². The second kappa shape index (κ2) is 14.8. The smallest absolute Gasteiger partial charge is 0.255 e. The summed E-state index contributed by atoms with van der Waals surface area (Å²) in [6.07, 6.45) is 3.31. The molecule has 0 spiro atoms. The van der Waals surface area contributed by atoms with Gasteiger partial charge in [-0.1, -0.05) is 24.3 Å². The van der Waals surface area contributed by atoms with Gasteiger partial charge in [-0.25, -0.2) is 0 Å². The van der Waals surface area contributed by atoms with E-state index in [0.717, 1.165) is 27.1 Å². The third-order valence-corrected chi connectivity index (χ3v) is 7.20. The van der Waals surface area contributed by atoms with E-state index in [2.05, 4.69) is 20.8 Å². The van der Waals surface area contributed by atoms with E-state index in [-0.39, 0.29) is 23.9 Å². The van der Waals surface area contributed by atoms with Crippen LogP contribution in [0, 0.1) is 6.92 Å². The van der Waals surface area contributed by atoms with Gasteiger partial charge in [0.25, 0.3) is 5.91 Å². The van der Waals surface area contributed by atoms with E-state index in [1.54, 1.807) is 49.6 Å². The van der Waals surface area contributed by atoms with E-state index in [1.807, 2.05) is 49.4 Å². The van der Waals surface area contributed by atoms with E-state index in [0.29, 0.717) is 28.5 Å². The number of hydrazone groups is 1. The van der Waals surface area contributed by atoms with E-state index in [9.17, 15) is 14.4 Å². The number of fused-ring (bicyclic) bond motifs is 1. The van der Waals surface area contributed by atoms with Crippen LogP contribution in [0.25, 0.3) is 17.0 Å². The molecule has 9 nitrogen and oxygen atoms in total. The fraction of sp³-hybridized carbons (Fsp3) is 0.156. The van der Waals surface area contributed by atoms with Gasteiger partial charge in [-0.15, -0.1) is 11.8 Å². The Labute approximate surface area is 255 Å². The summed E-state index contributed by atoms with van der Waals surface area (Å²) in [6.45, 7) is 1.93. The summed E-state index contributed by atoms with van der Waals surface area (Å²) in [5, 5.41) is 7.82. The molecule has 4 rings (SSSR count). The Morgan fingerprint density at radius 1 is 0.977 bits per heavy atom. The number of pyridine rings is 1. The van der Waals surface area contributed by atoms with Crippen molar-refractivity contribution in [1.29, 1.82) is 0 Å². The third-order valence-electron chi connectivity index (χ3n) is 6.15. The molecule has 43 heavy (non-hydrogen) atoms. The largest absolute Gasteiger partial charge is 0.493 e. The van der Waals surface area contributed by atoms with Crippen LogP contribution in [0.4, 0.5) is 10.5 Å². The molecule has 3 aromatic carbocycles. The molecule has 0 aliphatic rings. The number of carbonyl (C=O) groups is 3. The first kappa shape index (κ1) is 31.0. The molecule has 0 atom stereocenters. The molecule has 0 saturated heterocycles. The zero-order chi connectivity index (χ0) is 30.8. The molecule has 0 aliphatic heterocycles. The molecule has 0 bridgehead atoms. The zero-order valence-electron chi connectivity index (χ0n) is 23.9. The Morgan fingerprint density at radius 3 is 2.56 bits per heavy atom. The molecule has 1 heterocycles. The quantitative estimate of drug-likeness (QED) is 0.0922. The number of ether oxygens (including phenoxy) is 2. The predicted molar refractivity (Wildman–Crippen MR) is 172 cm³/mol. The molecule has 216 valence electrons. The number of aromatic nitrogens is 1. The van der Waals surface area contributed by atoms with Crippen LogP contribution in [0.15, 0.2) is 88.9 Å². The van der Waals surface area contributed by atoms with Crippen molar-refractivity contribution in [2.45, 2.75) is 18.2 Å². The van der Waals surface area contributed by atoms with Gasteiger partial charge < -0.3 is 14.8 Å². The van der Waals surface area contributed by atoms with Crippen molar-refractivity contribution in [1.82, 2.24) is 10.4 Å². The van der Waals surface area contributed by atoms with Gasteiger partial charge in [-0.2, -0.15) is 5.10 Å². The van der Waals surface area contributed by atoms with Crippen molar-refractivity contribution in [3.05, 3.63) is 95.7 Å². The van der Waals surface area contributed by atoms with Crippen molar-refractivity contribution < 1.29 is 23.9 Å². The van der Waals surface area contributed by atoms with Crippen molar-refractivity contribution in [2.24, 2.45) is 5.10 Å². The molecule has 2 amide bonds. The fourth-order valence-corrected chi connectivity index (χ4v) is 4.88. The lowest BCUT2D eigenvalue weighted by atomic mass is 10.1. The van der Waals surface area contributed by atoms with Gasteiger partial charge in [0.05, 0.1) is 37.6 Å². The number of aryl methyl sites for hydroxylation is 1. The Morgan fingerprint density at radius 2 is 1.79 bits per heavy atom. The maximum atomic E-state index is 12.9. The highest BCUT2D eigenvalue weighted by atomic mass is 32.2. The number of nitrogens with one attached hydrogen (secondary N) is 2. The minimum atomic E-state index is -0.843. The van der Waals surface area contributed by atoms with Gasteiger partial charge in [0.1, 0.15) is 5.78 Å². The first-order valence-electron chi connectivity index (χ1n) is 13.2. The van der Waals surface area contributed by atoms with Crippen molar-refractivity contribution >= 4 is 65.5 Å². The number of ketones is 1. The molecule has 4 aromatic rings. The maximum Gasteiger partial charge on any atom is 0.255 e. The molecule has 11 heteroatoms. The zero-order valence-corrected chi connectivity index (χ0v) is 24.7. The summed E-state index contributed by atoms with van der Waals surface area (Å²) >= 11 is 1.30. The topological polar surface area (TPSA) is 119 Å². The van der Waals surface area contributed by atoms with Gasteiger partial charge in [0.15, 0.2) is 17.3 Å². The van der Waals surface area contributed by atoms with Crippen LogP contribution in [-0.2, 0) is 4.79 Å². The molecule has 0 fully saturated rings. The van der Waals surface area contributed by atoms with Crippen LogP contribution < -0.4 is 20.2 Å². The molecular weight excluding hydrogens is 563 g/mol. The predicted octanol–water partition coefficient (Wildman–Crippen LogP) is 5.81. The summed E-state index contributed by atoms with van der Waals surface area (Å²) < 4.78 is 10.6. The van der Waals surface area contributed by atoms with Gasteiger partial charge in [-0.3, -0.25) is 24.8 Å². The second-order valence-corrected chi connectivity index (χ2v) is 10.4. The van der Waals surface area contributed by atoms with Crippen LogP contribution in [0.2, 0.25) is 0 Å². The van der Waals surface area contributed by atoms with Crippen LogP contribution in [0.5, 0.6) is 11.5 Å². The van der Waals surface area contributed by atoms with Gasteiger partial charge in [-0.05, 0) is 73.2 Å². The molecule has 1 aromatic heterocycles. The number of Topliss-reactive ketones (excluding diaryl/α,β-unsaturated/α-hetero) is 1. The number of rotatable bonds is 12. The lowest BCUT2D eigenvalue weighted by Gasteiger charge is -2.09. The number of methoxy groups -OCH3 is 2. The highest BCUT2D eigenvalue weighted by Crippen LogP contribution is 2.28. The summed E-state index contributed by atoms with van der Waals surface area (Å²) in [4.78, 5) is 42.3. The monoisotopic (exact) mass is 592 g/mol. The number of allylic oxidation sites excluding steroid dienone is 1. The van der Waals surface area contributed by atoms with Crippen LogP contribution in [-0.4, -0.2) is 56.0 Å². The third kappa shape index (κ3) is 9.04. The van der Waals surface area contributed by atoms with Crippen LogP contribution >= 0.6 is 11.8 Å². The standard InChI is InChI=1S/C32H29BN4O5S/c1-20-7-10-22-16-24(12-13-28(22)34-20)35-31(39)23-5-4-6-27(17-23)43-19-26(38)18-25(36-37-32(33)40)11-8-21-9-14-29(41-2)30(15-21)42-3/h4-17H,18-19H2,1-3H3,(H,35,39)(H,37,40)/b11-8+,36-25+. The number of hydrogen-bond donors (Lipinski definition) is 2. The lowest BCUT2D eigenvalue weighted by molar-refractivity contribution is -0.115.